The minimum absolute atomic E-state index is 0.0882. The second kappa shape index (κ2) is 5.60. The van der Waals surface area contributed by atoms with E-state index in [-0.39, 0.29) is 15.7 Å². The molecule has 1 heterocycles. The molecule has 7 heteroatoms. The number of benzene rings is 1. The van der Waals surface area contributed by atoms with Gasteiger partial charge in [-0.05, 0) is 37.3 Å². The first-order chi connectivity index (χ1) is 9.40. The number of hydrogen-bond acceptors (Lipinski definition) is 4. The maximum absolute atomic E-state index is 12.1. The van der Waals surface area contributed by atoms with E-state index in [1.807, 2.05) is 0 Å². The molecule has 0 radical (unpaired) electrons. The lowest BCUT2D eigenvalue weighted by Gasteiger charge is -2.09. The Morgan fingerprint density at radius 3 is 2.40 bits per heavy atom. The molecule has 0 aliphatic rings. The molecule has 2 aromatic rings. The normalized spacial score (nSPS) is 11.1. The van der Waals surface area contributed by atoms with Gasteiger partial charge in [0.25, 0.3) is 10.0 Å². The summed E-state index contributed by atoms with van der Waals surface area (Å²) < 4.78 is 26.7. The van der Waals surface area contributed by atoms with E-state index < -0.39 is 10.0 Å². The van der Waals surface area contributed by atoms with Crippen LogP contribution >= 0.6 is 11.6 Å². The third kappa shape index (κ3) is 3.15. The first-order valence-corrected chi connectivity index (χ1v) is 7.49. The largest absolute Gasteiger partial charge is 0.295 e. The summed E-state index contributed by atoms with van der Waals surface area (Å²) in [4.78, 5) is 14.8. The number of hydrogen-bond donors (Lipinski definition) is 1. The maximum atomic E-state index is 12.1. The Hall–Kier alpha value is -1.92. The van der Waals surface area contributed by atoms with Crippen LogP contribution in [0.2, 0.25) is 5.02 Å². The summed E-state index contributed by atoms with van der Waals surface area (Å²) in [5, 5.41) is 0.0906. The topological polar surface area (TPSA) is 76.1 Å². The van der Waals surface area contributed by atoms with Crippen LogP contribution in [0.3, 0.4) is 0 Å². The lowest BCUT2D eigenvalue weighted by Crippen LogP contribution is -2.13. The Morgan fingerprint density at radius 1 is 1.20 bits per heavy atom. The van der Waals surface area contributed by atoms with Gasteiger partial charge >= 0.3 is 0 Å². The molecule has 0 saturated carbocycles. The van der Waals surface area contributed by atoms with Crippen molar-refractivity contribution < 1.29 is 13.2 Å². The van der Waals surface area contributed by atoms with Crippen molar-refractivity contribution in [2.45, 2.75) is 11.8 Å². The van der Waals surface area contributed by atoms with Gasteiger partial charge in [-0.3, -0.25) is 14.5 Å². The van der Waals surface area contributed by atoms with Crippen LogP contribution in [-0.2, 0) is 10.0 Å². The summed E-state index contributed by atoms with van der Waals surface area (Å²) in [5.41, 5.74) is 0.849. The number of anilines is 1. The van der Waals surface area contributed by atoms with Crippen molar-refractivity contribution in [1.82, 2.24) is 4.98 Å². The van der Waals surface area contributed by atoms with Gasteiger partial charge in [-0.15, -0.1) is 0 Å². The molecule has 104 valence electrons. The molecule has 2 rings (SSSR count). The summed E-state index contributed by atoms with van der Waals surface area (Å²) in [6, 6.07) is 7.52. The van der Waals surface area contributed by atoms with E-state index in [9.17, 15) is 13.2 Å². The van der Waals surface area contributed by atoms with Crippen LogP contribution < -0.4 is 4.72 Å². The zero-order valence-corrected chi connectivity index (χ0v) is 12.1. The Balaban J connectivity index is 2.29. The Bertz CT molecular complexity index is 742. The Morgan fingerprint density at radius 2 is 1.85 bits per heavy atom. The van der Waals surface area contributed by atoms with Gasteiger partial charge in [0.2, 0.25) is 0 Å². The third-order valence-electron chi connectivity index (χ3n) is 2.57. The zero-order chi connectivity index (χ0) is 14.8. The highest BCUT2D eigenvalue weighted by molar-refractivity contribution is 7.92. The number of rotatable bonds is 4. The highest BCUT2D eigenvalue weighted by Gasteiger charge is 2.18. The second-order valence-electron chi connectivity index (χ2n) is 4.05. The molecule has 0 saturated heterocycles. The molecule has 0 amide bonds. The summed E-state index contributed by atoms with van der Waals surface area (Å²) in [6.07, 6.45) is 2.58. The lowest BCUT2D eigenvalue weighted by atomic mass is 10.1. The fourth-order valence-electron chi connectivity index (χ4n) is 1.54. The van der Waals surface area contributed by atoms with E-state index in [2.05, 4.69) is 9.71 Å². The average molecular weight is 311 g/mol. The second-order valence-corrected chi connectivity index (χ2v) is 6.10. The fraction of sp³-hybridized carbons (Fsp3) is 0.0769. The predicted molar refractivity (Wildman–Crippen MR) is 76.5 cm³/mol. The monoisotopic (exact) mass is 310 g/mol. The number of pyridine rings is 1. The number of ketones is 1. The summed E-state index contributed by atoms with van der Waals surface area (Å²) in [6.45, 7) is 1.44. The molecule has 0 bridgehead atoms. The number of sulfonamides is 1. The van der Waals surface area contributed by atoms with Gasteiger partial charge in [-0.2, -0.15) is 0 Å². The summed E-state index contributed by atoms with van der Waals surface area (Å²) in [7, 11) is -3.81. The molecule has 0 aliphatic heterocycles. The van der Waals surface area contributed by atoms with Gasteiger partial charge in [0.1, 0.15) is 4.90 Å². The quantitative estimate of drug-likeness (QED) is 0.881. The van der Waals surface area contributed by atoms with Crippen molar-refractivity contribution in [2.75, 3.05) is 4.72 Å². The highest BCUT2D eigenvalue weighted by Crippen LogP contribution is 2.22. The van der Waals surface area contributed by atoms with Gasteiger partial charge in [0.15, 0.2) is 5.78 Å². The van der Waals surface area contributed by atoms with Gasteiger partial charge in [0.05, 0.1) is 5.02 Å². The van der Waals surface area contributed by atoms with Crippen molar-refractivity contribution in [1.29, 1.82) is 0 Å². The van der Waals surface area contributed by atoms with E-state index in [1.54, 1.807) is 12.1 Å². The van der Waals surface area contributed by atoms with E-state index in [4.69, 9.17) is 11.6 Å². The van der Waals surface area contributed by atoms with Crippen LogP contribution in [-0.4, -0.2) is 19.2 Å². The maximum Gasteiger partial charge on any atom is 0.264 e. The predicted octanol–water partition coefficient (Wildman–Crippen LogP) is 2.74. The molecular formula is C13H11ClN2O3S. The lowest BCUT2D eigenvalue weighted by molar-refractivity contribution is 0.101. The smallest absolute Gasteiger partial charge is 0.264 e. The fourth-order valence-corrected chi connectivity index (χ4v) is 3.03. The van der Waals surface area contributed by atoms with E-state index in [0.29, 0.717) is 11.3 Å². The van der Waals surface area contributed by atoms with E-state index in [1.165, 1.54) is 37.5 Å². The number of Topliss-reactive ketones (excluding diaryl/α,β-unsaturated/α-hetero) is 1. The van der Waals surface area contributed by atoms with Crippen molar-refractivity contribution in [3.8, 4) is 0 Å². The minimum atomic E-state index is -3.81. The van der Waals surface area contributed by atoms with E-state index in [0.717, 1.165) is 0 Å². The van der Waals surface area contributed by atoms with Crippen LogP contribution in [0.4, 0.5) is 5.69 Å². The van der Waals surface area contributed by atoms with Gasteiger partial charge in [-0.25, -0.2) is 8.42 Å². The van der Waals surface area contributed by atoms with Crippen LogP contribution in [0.15, 0.2) is 47.6 Å². The molecule has 0 unspecified atom stereocenters. The average Bonchev–Trinajstić information content (AvgIpc) is 2.39. The molecule has 0 atom stereocenters. The summed E-state index contributed by atoms with van der Waals surface area (Å²) >= 11 is 5.84. The van der Waals surface area contributed by atoms with Crippen LogP contribution in [0, 0.1) is 0 Å². The van der Waals surface area contributed by atoms with Gasteiger partial charge in [-0.1, -0.05) is 11.6 Å². The molecule has 0 aliphatic carbocycles. The molecule has 0 spiro atoms. The zero-order valence-electron chi connectivity index (χ0n) is 10.5. The first-order valence-electron chi connectivity index (χ1n) is 5.63. The highest BCUT2D eigenvalue weighted by atomic mass is 35.5. The summed E-state index contributed by atoms with van der Waals surface area (Å²) in [5.74, 6) is -0.0882. The molecule has 0 fully saturated rings. The number of nitrogens with zero attached hydrogens (tertiary/aromatic N) is 1. The van der Waals surface area contributed by atoms with Crippen molar-refractivity contribution in [2.24, 2.45) is 0 Å². The Labute approximate surface area is 121 Å². The van der Waals surface area contributed by atoms with Gasteiger partial charge < -0.3 is 0 Å². The minimum Gasteiger partial charge on any atom is -0.295 e. The number of carbonyl (C=O) groups excluding carboxylic acids is 1. The number of aromatic nitrogens is 1. The standard InChI is InChI=1S/C13H11ClN2O3S/c1-9(17)10-2-4-11(5-3-10)16-20(18,19)13-8-15-7-6-12(13)14/h2-8,16H,1H3. The van der Waals surface area contributed by atoms with Crippen LogP contribution in [0.25, 0.3) is 0 Å². The number of nitrogens with one attached hydrogen (secondary N) is 1. The third-order valence-corrected chi connectivity index (χ3v) is 4.42. The van der Waals surface area contributed by atoms with Gasteiger partial charge in [0, 0.05) is 23.6 Å². The molecule has 1 N–H and O–H groups in total. The molecule has 20 heavy (non-hydrogen) atoms. The van der Waals surface area contributed by atoms with Crippen molar-refractivity contribution in [3.63, 3.8) is 0 Å². The molecule has 1 aromatic carbocycles. The molecule has 5 nitrogen and oxygen atoms in total. The van der Waals surface area contributed by atoms with E-state index >= 15 is 0 Å². The van der Waals surface area contributed by atoms with Crippen LogP contribution in [0.5, 0.6) is 0 Å². The van der Waals surface area contributed by atoms with Crippen molar-refractivity contribution >= 4 is 33.1 Å². The number of halogens is 1. The SMILES string of the molecule is CC(=O)c1ccc(NS(=O)(=O)c2cnccc2Cl)cc1. The molecular weight excluding hydrogens is 300 g/mol. The van der Waals surface area contributed by atoms with Crippen molar-refractivity contribution in [3.05, 3.63) is 53.3 Å². The first kappa shape index (κ1) is 14.5. The molecule has 1 aromatic heterocycles. The Kier molecular flexibility index (Phi) is 4.06. The van der Waals surface area contributed by atoms with Crippen LogP contribution in [0.1, 0.15) is 17.3 Å². The number of carbonyl (C=O) groups is 1.